The highest BCUT2D eigenvalue weighted by Crippen LogP contribution is 2.32. The van der Waals surface area contributed by atoms with Crippen LogP contribution in [0.2, 0.25) is 0 Å². The number of amides is 1. The molecule has 2 heterocycles. The van der Waals surface area contributed by atoms with Crippen molar-refractivity contribution in [3.63, 3.8) is 0 Å². The normalized spacial score (nSPS) is 13.4. The first kappa shape index (κ1) is 16.8. The van der Waals surface area contributed by atoms with Crippen molar-refractivity contribution in [1.29, 1.82) is 0 Å². The maximum Gasteiger partial charge on any atom is 0.356 e. The third-order valence-electron chi connectivity index (χ3n) is 3.71. The van der Waals surface area contributed by atoms with Crippen LogP contribution in [0.4, 0.5) is 11.4 Å². The maximum atomic E-state index is 12.3. The van der Waals surface area contributed by atoms with E-state index in [9.17, 15) is 18.0 Å². The molecule has 25 heavy (non-hydrogen) atoms. The number of carboxylic acid groups (broad SMARTS) is 1. The van der Waals surface area contributed by atoms with Crippen LogP contribution in [-0.4, -0.2) is 48.2 Å². The first-order chi connectivity index (χ1) is 11.8. The van der Waals surface area contributed by atoms with Gasteiger partial charge in [0, 0.05) is 24.6 Å². The molecule has 0 saturated carbocycles. The van der Waals surface area contributed by atoms with Crippen molar-refractivity contribution in [1.82, 2.24) is 9.97 Å². The Morgan fingerprint density at radius 1 is 1.20 bits per heavy atom. The van der Waals surface area contributed by atoms with Crippen molar-refractivity contribution < 1.29 is 23.1 Å². The number of carbonyl (C=O) groups is 2. The molecule has 0 radical (unpaired) electrons. The van der Waals surface area contributed by atoms with Crippen LogP contribution in [0.25, 0.3) is 0 Å². The molecule has 1 amide bonds. The van der Waals surface area contributed by atoms with Gasteiger partial charge in [0.2, 0.25) is 10.0 Å². The molecule has 0 spiro atoms. The topological polar surface area (TPSA) is 130 Å². The van der Waals surface area contributed by atoms with Gasteiger partial charge >= 0.3 is 5.97 Å². The number of aromatic nitrogens is 2. The van der Waals surface area contributed by atoms with Crippen LogP contribution < -0.4 is 9.62 Å². The summed E-state index contributed by atoms with van der Waals surface area (Å²) in [6.45, 7) is 0.346. The summed E-state index contributed by atoms with van der Waals surface area (Å²) >= 11 is 0. The van der Waals surface area contributed by atoms with Gasteiger partial charge in [-0.25, -0.2) is 23.2 Å². The van der Waals surface area contributed by atoms with Crippen molar-refractivity contribution >= 4 is 33.3 Å². The summed E-state index contributed by atoms with van der Waals surface area (Å²) in [6.07, 6.45) is 4.08. The predicted octanol–water partition coefficient (Wildman–Crippen LogP) is 0.749. The molecular weight excluding hydrogens is 348 g/mol. The Bertz CT molecular complexity index is 974. The number of hydrogen-bond donors (Lipinski definition) is 2. The summed E-state index contributed by atoms with van der Waals surface area (Å²) < 4.78 is 24.8. The van der Waals surface area contributed by atoms with Gasteiger partial charge in [0.1, 0.15) is 0 Å². The standard InChI is InChI=1S/C15H14N4O5S/c1-25(23,24)19-7-4-9-8-10(2-3-11(9)19)18-14(20)12-13(15(21)22)17-6-5-16-12/h2-3,5-6,8H,4,7H2,1H3,(H,18,20)(H,21,22). The number of anilines is 2. The Morgan fingerprint density at radius 3 is 2.52 bits per heavy atom. The Kier molecular flexibility index (Phi) is 4.13. The fourth-order valence-electron chi connectivity index (χ4n) is 2.64. The Balaban J connectivity index is 1.86. The lowest BCUT2D eigenvalue weighted by molar-refractivity contribution is 0.0685. The summed E-state index contributed by atoms with van der Waals surface area (Å²) in [5, 5.41) is 11.6. The zero-order valence-corrected chi connectivity index (χ0v) is 13.9. The molecule has 0 fully saturated rings. The van der Waals surface area contributed by atoms with E-state index in [1.807, 2.05) is 0 Å². The summed E-state index contributed by atoms with van der Waals surface area (Å²) in [6, 6.07) is 4.82. The van der Waals surface area contributed by atoms with Crippen LogP contribution in [-0.2, 0) is 16.4 Å². The van der Waals surface area contributed by atoms with E-state index in [0.29, 0.717) is 24.3 Å². The molecule has 0 bridgehead atoms. The van der Waals surface area contributed by atoms with E-state index < -0.39 is 27.6 Å². The molecule has 1 aromatic heterocycles. The van der Waals surface area contributed by atoms with E-state index >= 15 is 0 Å². The Hall–Kier alpha value is -3.01. The van der Waals surface area contributed by atoms with Gasteiger partial charge in [-0.15, -0.1) is 0 Å². The van der Waals surface area contributed by atoms with Crippen molar-refractivity contribution in [3.05, 3.63) is 47.5 Å². The molecule has 0 saturated heterocycles. The second-order valence-corrected chi connectivity index (χ2v) is 7.35. The minimum Gasteiger partial charge on any atom is -0.476 e. The molecule has 0 unspecified atom stereocenters. The molecule has 9 nitrogen and oxygen atoms in total. The van der Waals surface area contributed by atoms with Crippen LogP contribution in [0.15, 0.2) is 30.6 Å². The lowest BCUT2D eigenvalue weighted by atomic mass is 10.1. The summed E-state index contributed by atoms with van der Waals surface area (Å²) in [5.74, 6) is -2.06. The van der Waals surface area contributed by atoms with Gasteiger partial charge in [-0.3, -0.25) is 9.10 Å². The van der Waals surface area contributed by atoms with Gasteiger partial charge in [0.15, 0.2) is 11.4 Å². The molecular formula is C15H14N4O5S. The number of aromatic carboxylic acids is 1. The first-order valence-electron chi connectivity index (χ1n) is 7.23. The van der Waals surface area contributed by atoms with E-state index in [0.717, 1.165) is 11.8 Å². The molecule has 0 atom stereocenters. The monoisotopic (exact) mass is 362 g/mol. The van der Waals surface area contributed by atoms with E-state index in [4.69, 9.17) is 5.11 Å². The third-order valence-corrected chi connectivity index (χ3v) is 4.89. The first-order valence-corrected chi connectivity index (χ1v) is 9.08. The van der Waals surface area contributed by atoms with Crippen molar-refractivity contribution in [3.8, 4) is 0 Å². The predicted molar refractivity (Wildman–Crippen MR) is 89.3 cm³/mol. The van der Waals surface area contributed by atoms with Crippen LogP contribution in [0.3, 0.4) is 0 Å². The average molecular weight is 362 g/mol. The fourth-order valence-corrected chi connectivity index (χ4v) is 3.60. The summed E-state index contributed by atoms with van der Waals surface area (Å²) in [7, 11) is -3.35. The highest BCUT2D eigenvalue weighted by molar-refractivity contribution is 7.92. The molecule has 1 aliphatic heterocycles. The van der Waals surface area contributed by atoms with Crippen LogP contribution in [0.1, 0.15) is 26.5 Å². The molecule has 1 aromatic carbocycles. The van der Waals surface area contributed by atoms with Crippen LogP contribution in [0.5, 0.6) is 0 Å². The van der Waals surface area contributed by atoms with Gasteiger partial charge < -0.3 is 10.4 Å². The van der Waals surface area contributed by atoms with Crippen molar-refractivity contribution in [2.45, 2.75) is 6.42 Å². The molecule has 2 aromatic rings. The summed E-state index contributed by atoms with van der Waals surface area (Å²) in [5.41, 5.74) is 1.03. The number of nitrogens with one attached hydrogen (secondary N) is 1. The van der Waals surface area contributed by atoms with E-state index in [2.05, 4.69) is 15.3 Å². The van der Waals surface area contributed by atoms with Gasteiger partial charge in [-0.05, 0) is 30.2 Å². The van der Waals surface area contributed by atoms with E-state index in [1.165, 1.54) is 16.7 Å². The Labute approximate surface area is 143 Å². The van der Waals surface area contributed by atoms with Crippen LogP contribution >= 0.6 is 0 Å². The van der Waals surface area contributed by atoms with Gasteiger partial charge in [-0.1, -0.05) is 0 Å². The largest absolute Gasteiger partial charge is 0.476 e. The number of nitrogens with zero attached hydrogens (tertiary/aromatic N) is 3. The van der Waals surface area contributed by atoms with Crippen LogP contribution in [0, 0.1) is 0 Å². The number of benzene rings is 1. The van der Waals surface area contributed by atoms with E-state index in [-0.39, 0.29) is 5.69 Å². The highest BCUT2D eigenvalue weighted by Gasteiger charge is 2.26. The quantitative estimate of drug-likeness (QED) is 0.821. The number of hydrogen-bond acceptors (Lipinski definition) is 6. The second-order valence-electron chi connectivity index (χ2n) is 5.44. The molecule has 1 aliphatic rings. The minimum absolute atomic E-state index is 0.298. The number of sulfonamides is 1. The third kappa shape index (κ3) is 3.29. The number of carbonyl (C=O) groups excluding carboxylic acids is 1. The smallest absolute Gasteiger partial charge is 0.356 e. The maximum absolute atomic E-state index is 12.3. The minimum atomic E-state index is -3.35. The highest BCUT2D eigenvalue weighted by atomic mass is 32.2. The number of fused-ring (bicyclic) bond motifs is 1. The molecule has 0 aliphatic carbocycles. The molecule has 3 rings (SSSR count). The molecule has 2 N–H and O–H groups in total. The SMILES string of the molecule is CS(=O)(=O)N1CCc2cc(NC(=O)c3nccnc3C(=O)O)ccc21. The van der Waals surface area contributed by atoms with E-state index in [1.54, 1.807) is 18.2 Å². The Morgan fingerprint density at radius 2 is 1.88 bits per heavy atom. The average Bonchev–Trinajstić information content (AvgIpc) is 2.98. The number of carboxylic acids is 1. The lowest BCUT2D eigenvalue weighted by Crippen LogP contribution is -2.27. The van der Waals surface area contributed by atoms with Crippen molar-refractivity contribution in [2.24, 2.45) is 0 Å². The van der Waals surface area contributed by atoms with Gasteiger partial charge in [0.05, 0.1) is 11.9 Å². The molecule has 10 heteroatoms. The zero-order chi connectivity index (χ0) is 18.2. The fraction of sp³-hybridized carbons (Fsp3) is 0.200. The number of rotatable bonds is 4. The molecule has 130 valence electrons. The van der Waals surface area contributed by atoms with Gasteiger partial charge in [-0.2, -0.15) is 0 Å². The van der Waals surface area contributed by atoms with Crippen molar-refractivity contribution in [2.75, 3.05) is 22.4 Å². The zero-order valence-electron chi connectivity index (χ0n) is 13.1. The lowest BCUT2D eigenvalue weighted by Gasteiger charge is -2.16. The van der Waals surface area contributed by atoms with Gasteiger partial charge in [0.25, 0.3) is 5.91 Å². The second kappa shape index (κ2) is 6.13. The summed E-state index contributed by atoms with van der Waals surface area (Å²) in [4.78, 5) is 30.8.